The van der Waals surface area contributed by atoms with Crippen LogP contribution < -0.4 is 5.32 Å². The van der Waals surface area contributed by atoms with Crippen molar-refractivity contribution in [3.05, 3.63) is 52.7 Å². The van der Waals surface area contributed by atoms with Crippen molar-refractivity contribution >= 4 is 5.82 Å². The van der Waals surface area contributed by atoms with Crippen molar-refractivity contribution < 1.29 is 9.84 Å². The summed E-state index contributed by atoms with van der Waals surface area (Å²) >= 11 is 0. The average Bonchev–Trinajstić information content (AvgIpc) is 3.42. The minimum Gasteiger partial charge on any atom is -0.378 e. The smallest absolute Gasteiger partial charge is 0.168 e. The fourth-order valence-corrected chi connectivity index (χ4v) is 4.01. The molecular weight excluding hydrogens is 370 g/mol. The summed E-state index contributed by atoms with van der Waals surface area (Å²) in [5.41, 5.74) is 4.50. The zero-order chi connectivity index (χ0) is 20.4. The molecule has 1 unspecified atom stereocenters. The molecule has 1 saturated carbocycles. The quantitative estimate of drug-likeness (QED) is 0.525. The van der Waals surface area contributed by atoms with E-state index in [2.05, 4.69) is 36.9 Å². The lowest BCUT2D eigenvalue weighted by atomic mass is 9.99. The van der Waals surface area contributed by atoms with E-state index in [1.165, 1.54) is 0 Å². The Balaban J connectivity index is 1.39. The molecule has 3 aromatic rings. The van der Waals surface area contributed by atoms with Crippen molar-refractivity contribution in [1.29, 1.82) is 0 Å². The molecule has 3 aromatic heterocycles. The van der Waals surface area contributed by atoms with Crippen LogP contribution in [0.5, 0.6) is 0 Å². The SMILES string of the molecule is COCc1cc(C(O)Nc2cc([C@@H]3CC[C@H](c4ccc(C)nn4)C3)[nH]n2)n(C)n1. The monoisotopic (exact) mass is 397 g/mol. The van der Waals surface area contributed by atoms with Crippen LogP contribution in [0.3, 0.4) is 0 Å². The summed E-state index contributed by atoms with van der Waals surface area (Å²) in [6.07, 6.45) is 2.27. The van der Waals surface area contributed by atoms with Crippen molar-refractivity contribution in [2.45, 2.75) is 50.9 Å². The molecule has 3 N–H and O–H groups in total. The summed E-state index contributed by atoms with van der Waals surface area (Å²) in [7, 11) is 3.41. The lowest BCUT2D eigenvalue weighted by molar-refractivity contribution is 0.181. The highest BCUT2D eigenvalue weighted by molar-refractivity contribution is 5.39. The second-order valence-corrected chi connectivity index (χ2v) is 7.68. The molecule has 0 amide bonds. The molecule has 0 aromatic carbocycles. The zero-order valence-corrected chi connectivity index (χ0v) is 17.0. The van der Waals surface area contributed by atoms with Gasteiger partial charge in [0.05, 0.1) is 29.4 Å². The second-order valence-electron chi connectivity index (χ2n) is 7.68. The van der Waals surface area contributed by atoms with Gasteiger partial charge in [-0.15, -0.1) is 0 Å². The van der Waals surface area contributed by atoms with Gasteiger partial charge >= 0.3 is 0 Å². The third kappa shape index (κ3) is 4.30. The number of hydrogen-bond acceptors (Lipinski definition) is 7. The van der Waals surface area contributed by atoms with E-state index in [1.807, 2.05) is 25.1 Å². The molecule has 4 rings (SSSR count). The van der Waals surface area contributed by atoms with Crippen LogP contribution >= 0.6 is 0 Å². The highest BCUT2D eigenvalue weighted by Gasteiger charge is 2.29. The number of aliphatic hydroxyl groups excluding tert-OH is 1. The Morgan fingerprint density at radius 2 is 2.10 bits per heavy atom. The fraction of sp³-hybridized carbons (Fsp3) is 0.500. The van der Waals surface area contributed by atoms with Crippen molar-refractivity contribution in [3.63, 3.8) is 0 Å². The van der Waals surface area contributed by atoms with Gasteiger partial charge in [0.2, 0.25) is 0 Å². The van der Waals surface area contributed by atoms with Crippen molar-refractivity contribution in [2.24, 2.45) is 7.05 Å². The fourth-order valence-electron chi connectivity index (χ4n) is 4.01. The topological polar surface area (TPSA) is 114 Å². The number of ether oxygens (including phenoxy) is 1. The normalized spacial score (nSPS) is 20.1. The van der Waals surface area contributed by atoms with Crippen LogP contribution in [0.15, 0.2) is 24.3 Å². The summed E-state index contributed by atoms with van der Waals surface area (Å²) in [5, 5.41) is 33.9. The molecule has 0 saturated heterocycles. The average molecular weight is 397 g/mol. The van der Waals surface area contributed by atoms with E-state index < -0.39 is 6.23 Å². The number of nitrogens with zero attached hydrogens (tertiary/aromatic N) is 5. The van der Waals surface area contributed by atoms with Gasteiger partial charge in [0.1, 0.15) is 5.82 Å². The van der Waals surface area contributed by atoms with E-state index in [-0.39, 0.29) is 0 Å². The van der Waals surface area contributed by atoms with Crippen LogP contribution in [0.4, 0.5) is 5.82 Å². The highest BCUT2D eigenvalue weighted by Crippen LogP contribution is 2.42. The molecule has 29 heavy (non-hydrogen) atoms. The van der Waals surface area contributed by atoms with Crippen molar-refractivity contribution in [3.8, 4) is 0 Å². The molecule has 3 atom stereocenters. The molecular formula is C20H27N7O2. The number of aliphatic hydroxyl groups is 1. The molecule has 1 aliphatic carbocycles. The maximum absolute atomic E-state index is 10.5. The number of H-pyrrole nitrogens is 1. The van der Waals surface area contributed by atoms with Gasteiger partial charge in [-0.2, -0.15) is 20.4 Å². The lowest BCUT2D eigenvalue weighted by Crippen LogP contribution is -2.14. The van der Waals surface area contributed by atoms with Crippen LogP contribution in [-0.4, -0.2) is 42.4 Å². The minimum atomic E-state index is -0.909. The number of anilines is 1. The van der Waals surface area contributed by atoms with Gasteiger partial charge in [0.25, 0.3) is 0 Å². The van der Waals surface area contributed by atoms with Crippen molar-refractivity contribution in [2.75, 3.05) is 12.4 Å². The van der Waals surface area contributed by atoms with Crippen LogP contribution in [0.1, 0.15) is 65.8 Å². The Morgan fingerprint density at radius 3 is 2.86 bits per heavy atom. The number of aryl methyl sites for hydroxylation is 2. The molecule has 0 spiro atoms. The molecule has 0 radical (unpaired) electrons. The molecule has 3 heterocycles. The summed E-state index contributed by atoms with van der Waals surface area (Å²) in [5.74, 6) is 1.43. The Hall–Kier alpha value is -2.78. The number of nitrogens with one attached hydrogen (secondary N) is 2. The number of aromatic amines is 1. The first-order chi connectivity index (χ1) is 14.0. The molecule has 154 valence electrons. The molecule has 1 fully saturated rings. The van der Waals surface area contributed by atoms with Crippen molar-refractivity contribution in [1.82, 2.24) is 30.2 Å². The van der Waals surface area contributed by atoms with Gasteiger partial charge in [-0.3, -0.25) is 9.78 Å². The van der Waals surface area contributed by atoms with Gasteiger partial charge in [0, 0.05) is 37.8 Å². The third-order valence-corrected chi connectivity index (χ3v) is 5.53. The Labute approximate surface area is 169 Å². The van der Waals surface area contributed by atoms with E-state index in [0.29, 0.717) is 30.0 Å². The number of rotatable bonds is 7. The predicted octanol–water partition coefficient (Wildman–Crippen LogP) is 2.54. The standard InChI is InChI=1S/C20H27N7O2/c1-12-4-7-16(23-22-12)13-5-6-14(8-13)17-10-19(25-24-17)21-20(28)18-9-15(11-29-3)26-27(18)2/h4,7,9-10,13-14,20,28H,5-6,8,11H2,1-3H3,(H2,21,24,25)/t13-,14+,20?/m0/s1. The zero-order valence-electron chi connectivity index (χ0n) is 17.0. The maximum atomic E-state index is 10.5. The van der Waals surface area contributed by atoms with E-state index in [0.717, 1.165) is 42.0 Å². The van der Waals surface area contributed by atoms with Crippen LogP contribution in [0.2, 0.25) is 0 Å². The van der Waals surface area contributed by atoms with Crippen LogP contribution in [0, 0.1) is 6.92 Å². The Kier molecular flexibility index (Phi) is 5.59. The van der Waals surface area contributed by atoms with Gasteiger partial charge < -0.3 is 15.2 Å². The van der Waals surface area contributed by atoms with E-state index in [9.17, 15) is 5.11 Å². The number of hydrogen-bond donors (Lipinski definition) is 3. The molecule has 0 aliphatic heterocycles. The first-order valence-electron chi connectivity index (χ1n) is 9.85. The summed E-state index contributed by atoms with van der Waals surface area (Å²) in [6, 6.07) is 7.89. The summed E-state index contributed by atoms with van der Waals surface area (Å²) < 4.78 is 6.74. The summed E-state index contributed by atoms with van der Waals surface area (Å²) in [4.78, 5) is 0. The third-order valence-electron chi connectivity index (χ3n) is 5.53. The molecule has 9 heteroatoms. The second kappa shape index (κ2) is 8.30. The highest BCUT2D eigenvalue weighted by atomic mass is 16.5. The van der Waals surface area contributed by atoms with Gasteiger partial charge in [0.15, 0.2) is 6.23 Å². The van der Waals surface area contributed by atoms with Crippen LogP contribution in [-0.2, 0) is 18.4 Å². The van der Waals surface area contributed by atoms with E-state index in [1.54, 1.807) is 18.8 Å². The lowest BCUT2D eigenvalue weighted by Gasteiger charge is -2.12. The predicted molar refractivity (Wildman–Crippen MR) is 107 cm³/mol. The largest absolute Gasteiger partial charge is 0.378 e. The number of aromatic nitrogens is 6. The molecule has 0 bridgehead atoms. The Morgan fingerprint density at radius 1 is 1.28 bits per heavy atom. The van der Waals surface area contributed by atoms with E-state index >= 15 is 0 Å². The van der Waals surface area contributed by atoms with Gasteiger partial charge in [-0.05, 0) is 44.4 Å². The Bertz CT molecular complexity index is 950. The van der Waals surface area contributed by atoms with Crippen LogP contribution in [0.25, 0.3) is 0 Å². The molecule has 9 nitrogen and oxygen atoms in total. The number of methoxy groups -OCH3 is 1. The van der Waals surface area contributed by atoms with Gasteiger partial charge in [-0.1, -0.05) is 0 Å². The molecule has 1 aliphatic rings. The minimum absolute atomic E-state index is 0.397. The van der Waals surface area contributed by atoms with Gasteiger partial charge in [-0.25, -0.2) is 0 Å². The van der Waals surface area contributed by atoms with E-state index in [4.69, 9.17) is 4.74 Å². The summed E-state index contributed by atoms with van der Waals surface area (Å²) in [6.45, 7) is 2.35. The first kappa shape index (κ1) is 19.5. The maximum Gasteiger partial charge on any atom is 0.168 e. The first-order valence-corrected chi connectivity index (χ1v) is 9.85.